The Morgan fingerprint density at radius 1 is 0.533 bits per heavy atom. The number of allylic oxidation sites excluding steroid dienone is 1. The molecule has 0 amide bonds. The fourth-order valence-electron chi connectivity index (χ4n) is 3.57. The molecule has 0 spiro atoms. The quantitative estimate of drug-likeness (QED) is 0.239. The Bertz CT molecular complexity index is 998. The molecule has 0 bridgehead atoms. The van der Waals surface area contributed by atoms with E-state index in [2.05, 4.69) is 78.6 Å². The van der Waals surface area contributed by atoms with E-state index < -0.39 is 7.26 Å². The second-order valence-corrected chi connectivity index (χ2v) is 10.1. The molecule has 30 heavy (non-hydrogen) atoms. The first-order chi connectivity index (χ1) is 14.3. The van der Waals surface area contributed by atoms with Crippen molar-refractivity contribution in [1.82, 2.24) is 0 Å². The first-order valence-corrected chi connectivity index (χ1v) is 11.5. The average molecular weight is 473 g/mol. The topological polar surface area (TPSA) is 17.1 Å². The van der Waals surface area contributed by atoms with Crippen molar-refractivity contribution >= 4 is 29.0 Å². The van der Waals surface area contributed by atoms with Crippen LogP contribution in [0.2, 0.25) is 0 Å². The lowest BCUT2D eigenvalue weighted by molar-refractivity contribution is -0.0000129. The highest BCUT2D eigenvalue weighted by atomic mass is 79.9. The Balaban J connectivity index is 0.00000256. The van der Waals surface area contributed by atoms with Crippen molar-refractivity contribution in [3.63, 3.8) is 0 Å². The Hall–Kier alpha value is -2.80. The van der Waals surface area contributed by atoms with Gasteiger partial charge in [0.1, 0.15) is 23.2 Å². The summed E-state index contributed by atoms with van der Waals surface area (Å²) in [6.45, 7) is 0. The zero-order chi connectivity index (χ0) is 19.9. The Kier molecular flexibility index (Phi) is 7.52. The first-order valence-electron chi connectivity index (χ1n) is 9.65. The van der Waals surface area contributed by atoms with Gasteiger partial charge in [0.05, 0.1) is 5.82 Å². The van der Waals surface area contributed by atoms with Gasteiger partial charge in [-0.3, -0.25) is 4.79 Å². The summed E-state index contributed by atoms with van der Waals surface area (Å²) in [5.74, 6) is 2.18. The molecular weight excluding hydrogens is 451 g/mol. The molecule has 0 saturated heterocycles. The van der Waals surface area contributed by atoms with Gasteiger partial charge in [-0.25, -0.2) is 0 Å². The molecule has 0 aliphatic carbocycles. The van der Waals surface area contributed by atoms with E-state index in [9.17, 15) is 4.79 Å². The van der Waals surface area contributed by atoms with E-state index in [1.54, 1.807) is 6.08 Å². The van der Waals surface area contributed by atoms with E-state index in [4.69, 9.17) is 0 Å². The minimum absolute atomic E-state index is 0. The largest absolute Gasteiger partial charge is 1.00 e. The average Bonchev–Trinajstić information content (AvgIpc) is 2.82. The fraction of sp³-hybridized carbons (Fsp3) is 0. The highest BCUT2D eigenvalue weighted by Crippen LogP contribution is 2.56. The van der Waals surface area contributed by atoms with E-state index in [-0.39, 0.29) is 22.8 Å². The summed E-state index contributed by atoms with van der Waals surface area (Å²) >= 11 is 0. The molecule has 1 nitrogen and oxygen atoms in total. The van der Waals surface area contributed by atoms with E-state index in [1.165, 1.54) is 15.9 Å². The monoisotopic (exact) mass is 472 g/mol. The van der Waals surface area contributed by atoms with Crippen LogP contribution in [0.25, 0.3) is 0 Å². The third-order valence-electron chi connectivity index (χ3n) is 5.00. The normalized spacial score (nSPS) is 11.1. The van der Waals surface area contributed by atoms with Crippen LogP contribution in [0.5, 0.6) is 0 Å². The molecular formula is C27H22BrOP. The molecule has 4 aromatic carbocycles. The number of halogens is 1. The van der Waals surface area contributed by atoms with Gasteiger partial charge >= 0.3 is 0 Å². The fourth-order valence-corrected chi connectivity index (χ4v) is 7.27. The zero-order valence-electron chi connectivity index (χ0n) is 16.4. The predicted molar refractivity (Wildman–Crippen MR) is 125 cm³/mol. The molecule has 0 saturated carbocycles. The Morgan fingerprint density at radius 2 is 0.867 bits per heavy atom. The zero-order valence-corrected chi connectivity index (χ0v) is 18.9. The number of carbonyl (C=O) groups excluding carboxylic acids is 1. The van der Waals surface area contributed by atoms with Gasteiger partial charge in [0.25, 0.3) is 0 Å². The van der Waals surface area contributed by atoms with Crippen LogP contribution >= 0.6 is 7.26 Å². The number of carbonyl (C=O) groups is 1. The minimum Gasteiger partial charge on any atom is -1.00 e. The number of benzene rings is 4. The lowest BCUT2D eigenvalue weighted by Gasteiger charge is -2.24. The van der Waals surface area contributed by atoms with Gasteiger partial charge in [-0.1, -0.05) is 84.9 Å². The summed E-state index contributed by atoms with van der Waals surface area (Å²) in [6.07, 6.45) is 1.76. The van der Waals surface area contributed by atoms with Crippen LogP contribution in [0.1, 0.15) is 10.4 Å². The Labute approximate surface area is 189 Å². The molecule has 3 heteroatoms. The van der Waals surface area contributed by atoms with Crippen LogP contribution in [0.3, 0.4) is 0 Å². The van der Waals surface area contributed by atoms with Crippen LogP contribution < -0.4 is 32.9 Å². The number of hydrogen-bond acceptors (Lipinski definition) is 1. The minimum atomic E-state index is -2.13. The molecule has 0 fully saturated rings. The maximum atomic E-state index is 12.9. The van der Waals surface area contributed by atoms with Gasteiger partial charge in [-0.2, -0.15) is 0 Å². The van der Waals surface area contributed by atoms with Gasteiger partial charge in [0.15, 0.2) is 5.78 Å². The van der Waals surface area contributed by atoms with E-state index in [0.29, 0.717) is 5.56 Å². The highest BCUT2D eigenvalue weighted by molar-refractivity contribution is 7.98. The van der Waals surface area contributed by atoms with Crippen molar-refractivity contribution in [2.75, 3.05) is 0 Å². The number of rotatable bonds is 6. The maximum Gasteiger partial charge on any atom is 0.189 e. The first kappa shape index (κ1) is 21.9. The summed E-state index contributed by atoms with van der Waals surface area (Å²) in [5, 5.41) is 3.69. The van der Waals surface area contributed by atoms with Crippen LogP contribution in [0.4, 0.5) is 0 Å². The second kappa shape index (κ2) is 10.3. The molecule has 0 unspecified atom stereocenters. The summed E-state index contributed by atoms with van der Waals surface area (Å²) in [4.78, 5) is 12.9. The van der Waals surface area contributed by atoms with Crippen LogP contribution in [-0.4, -0.2) is 5.78 Å². The molecule has 0 aromatic heterocycles. The SMILES string of the molecule is O=C(C=C[P+](c1ccccc1)(c1ccccc1)c1ccccc1)c1ccccc1.[Br-]. The summed E-state index contributed by atoms with van der Waals surface area (Å²) in [7, 11) is -2.13. The van der Waals surface area contributed by atoms with Crippen molar-refractivity contribution in [3.05, 3.63) is 139 Å². The molecule has 0 aliphatic heterocycles. The lowest BCUT2D eigenvalue weighted by atomic mass is 10.1. The van der Waals surface area contributed by atoms with Gasteiger partial charge in [0.2, 0.25) is 0 Å². The van der Waals surface area contributed by atoms with Gasteiger partial charge in [0, 0.05) is 11.6 Å². The third-order valence-corrected chi connectivity index (χ3v) is 8.93. The van der Waals surface area contributed by atoms with Crippen molar-refractivity contribution in [2.45, 2.75) is 0 Å². The summed E-state index contributed by atoms with van der Waals surface area (Å²) in [5.41, 5.74) is 0.705. The maximum absolute atomic E-state index is 12.9. The van der Waals surface area contributed by atoms with E-state index >= 15 is 0 Å². The van der Waals surface area contributed by atoms with E-state index in [1.807, 2.05) is 48.5 Å². The molecule has 0 N–H and O–H groups in total. The molecule has 0 radical (unpaired) electrons. The highest BCUT2D eigenvalue weighted by Gasteiger charge is 2.43. The second-order valence-electron chi connectivity index (χ2n) is 6.78. The molecule has 148 valence electrons. The van der Waals surface area contributed by atoms with Crippen molar-refractivity contribution < 1.29 is 21.8 Å². The van der Waals surface area contributed by atoms with Crippen molar-refractivity contribution in [3.8, 4) is 0 Å². The summed E-state index contributed by atoms with van der Waals surface area (Å²) < 4.78 is 0. The Morgan fingerprint density at radius 3 is 1.23 bits per heavy atom. The summed E-state index contributed by atoms with van der Waals surface area (Å²) in [6, 6.07) is 41.0. The predicted octanol–water partition coefficient (Wildman–Crippen LogP) is 2.38. The molecule has 0 aliphatic rings. The molecule has 0 heterocycles. The standard InChI is InChI=1S/C27H22OP.BrH/c28-27(23-13-5-1-6-14-23)21-22-29(24-15-7-2-8-16-24,25-17-9-3-10-18-25)26-19-11-4-12-20-26;/h1-22H;1H/q+1;/p-1. The van der Waals surface area contributed by atoms with Crippen LogP contribution in [0, 0.1) is 0 Å². The molecule has 0 atom stereocenters. The van der Waals surface area contributed by atoms with Crippen LogP contribution in [0.15, 0.2) is 133 Å². The van der Waals surface area contributed by atoms with Gasteiger partial charge in [-0.15, -0.1) is 0 Å². The molecule has 4 aromatic rings. The van der Waals surface area contributed by atoms with Gasteiger partial charge < -0.3 is 17.0 Å². The van der Waals surface area contributed by atoms with E-state index in [0.717, 1.165) is 0 Å². The smallest absolute Gasteiger partial charge is 0.189 e. The van der Waals surface area contributed by atoms with Gasteiger partial charge in [-0.05, 0) is 36.4 Å². The number of ketones is 1. The molecule has 4 rings (SSSR count). The van der Waals surface area contributed by atoms with Crippen molar-refractivity contribution in [2.24, 2.45) is 0 Å². The van der Waals surface area contributed by atoms with Crippen LogP contribution in [-0.2, 0) is 0 Å². The third kappa shape index (κ3) is 4.51. The number of hydrogen-bond donors (Lipinski definition) is 0. The lowest BCUT2D eigenvalue weighted by Crippen LogP contribution is -3.00. The van der Waals surface area contributed by atoms with Crippen molar-refractivity contribution in [1.29, 1.82) is 0 Å².